The Hall–Kier alpha value is -2.36. The van der Waals surface area contributed by atoms with E-state index >= 15 is 0 Å². The molecule has 0 saturated carbocycles. The average Bonchev–Trinajstić information content (AvgIpc) is 2.42. The maximum Gasteiger partial charge on any atom is 0.259 e. The first-order chi connectivity index (χ1) is 9.92. The number of hydrogen-bond acceptors (Lipinski definition) is 3. The van der Waals surface area contributed by atoms with E-state index in [4.69, 9.17) is 0 Å². The van der Waals surface area contributed by atoms with E-state index in [1.165, 1.54) is 5.56 Å². The molecule has 4 nitrogen and oxygen atoms in total. The Morgan fingerprint density at radius 3 is 2.24 bits per heavy atom. The number of aryl methyl sites for hydroxylation is 4. The van der Waals surface area contributed by atoms with Gasteiger partial charge in [-0.1, -0.05) is 17.7 Å². The predicted octanol–water partition coefficient (Wildman–Crippen LogP) is 3.61. The second-order valence-electron chi connectivity index (χ2n) is 5.35. The van der Waals surface area contributed by atoms with Crippen LogP contribution in [-0.2, 0) is 0 Å². The average molecular weight is 283 g/mol. The Labute approximate surface area is 125 Å². The summed E-state index contributed by atoms with van der Waals surface area (Å²) in [4.78, 5) is 16.7. The minimum absolute atomic E-state index is 0.151. The van der Waals surface area contributed by atoms with Crippen molar-refractivity contribution in [3.8, 4) is 0 Å². The molecule has 2 aromatic rings. The first-order valence-corrected chi connectivity index (χ1v) is 6.96. The van der Waals surface area contributed by atoms with Crippen LogP contribution < -0.4 is 10.6 Å². The maximum atomic E-state index is 12.5. The number of amides is 1. The van der Waals surface area contributed by atoms with Gasteiger partial charge in [-0.25, -0.2) is 0 Å². The lowest BCUT2D eigenvalue weighted by molar-refractivity contribution is 0.102. The summed E-state index contributed by atoms with van der Waals surface area (Å²) in [5, 5.41) is 6.04. The number of anilines is 2. The van der Waals surface area contributed by atoms with E-state index in [1.54, 1.807) is 13.2 Å². The lowest BCUT2D eigenvalue weighted by Gasteiger charge is -2.14. The van der Waals surface area contributed by atoms with Gasteiger partial charge in [0.25, 0.3) is 5.91 Å². The molecule has 21 heavy (non-hydrogen) atoms. The number of pyridine rings is 1. The number of rotatable bonds is 3. The van der Waals surface area contributed by atoms with Gasteiger partial charge in [0.05, 0.1) is 11.3 Å². The van der Waals surface area contributed by atoms with Gasteiger partial charge in [-0.05, 0) is 44.9 Å². The first kappa shape index (κ1) is 15.0. The van der Waals surface area contributed by atoms with Gasteiger partial charge in [0.15, 0.2) is 0 Å². The minimum atomic E-state index is -0.151. The molecule has 0 aliphatic heterocycles. The summed E-state index contributed by atoms with van der Waals surface area (Å²) in [6.45, 7) is 7.95. The monoisotopic (exact) mass is 283 g/mol. The fraction of sp³-hybridized carbons (Fsp3) is 0.294. The van der Waals surface area contributed by atoms with E-state index in [9.17, 15) is 4.79 Å². The standard InChI is InChI=1S/C17H21N3O/c1-10-6-11(2)16(12(3)7-10)20-17(21)14-9-19-13(4)8-15(14)18-5/h6-9H,1-5H3,(H,18,19)(H,20,21). The van der Waals surface area contributed by atoms with Crippen molar-refractivity contribution in [3.05, 3.63) is 52.3 Å². The summed E-state index contributed by atoms with van der Waals surface area (Å²) < 4.78 is 0. The van der Waals surface area contributed by atoms with E-state index in [2.05, 4.69) is 34.7 Å². The van der Waals surface area contributed by atoms with Crippen LogP contribution in [0.2, 0.25) is 0 Å². The molecule has 1 aromatic carbocycles. The zero-order chi connectivity index (χ0) is 15.6. The van der Waals surface area contributed by atoms with Gasteiger partial charge in [-0.2, -0.15) is 0 Å². The molecule has 0 spiro atoms. The van der Waals surface area contributed by atoms with Gasteiger partial charge in [0, 0.05) is 24.6 Å². The van der Waals surface area contributed by atoms with Crippen molar-refractivity contribution >= 4 is 17.3 Å². The quantitative estimate of drug-likeness (QED) is 0.904. The van der Waals surface area contributed by atoms with Gasteiger partial charge in [-0.15, -0.1) is 0 Å². The summed E-state index contributed by atoms with van der Waals surface area (Å²) in [6, 6.07) is 5.99. The number of hydrogen-bond donors (Lipinski definition) is 2. The lowest BCUT2D eigenvalue weighted by atomic mass is 10.0. The van der Waals surface area contributed by atoms with Gasteiger partial charge in [-0.3, -0.25) is 9.78 Å². The normalized spacial score (nSPS) is 10.3. The van der Waals surface area contributed by atoms with E-state index < -0.39 is 0 Å². The van der Waals surface area contributed by atoms with Crippen LogP contribution in [0.25, 0.3) is 0 Å². The Balaban J connectivity index is 2.35. The molecule has 0 bridgehead atoms. The fourth-order valence-corrected chi connectivity index (χ4v) is 2.51. The molecule has 0 aliphatic rings. The molecule has 0 fully saturated rings. The second-order valence-corrected chi connectivity index (χ2v) is 5.35. The predicted molar refractivity (Wildman–Crippen MR) is 87.1 cm³/mol. The third-order valence-corrected chi connectivity index (χ3v) is 3.47. The number of nitrogens with one attached hydrogen (secondary N) is 2. The second kappa shape index (κ2) is 5.95. The van der Waals surface area contributed by atoms with E-state index in [0.29, 0.717) is 5.56 Å². The SMILES string of the molecule is CNc1cc(C)ncc1C(=O)Nc1c(C)cc(C)cc1C. The summed E-state index contributed by atoms with van der Waals surface area (Å²) in [6.07, 6.45) is 1.61. The van der Waals surface area contributed by atoms with Gasteiger partial charge >= 0.3 is 0 Å². The number of aromatic nitrogens is 1. The molecule has 1 heterocycles. The summed E-state index contributed by atoms with van der Waals surface area (Å²) in [5.41, 5.74) is 6.38. The third kappa shape index (κ3) is 3.21. The molecule has 0 atom stereocenters. The number of carbonyl (C=O) groups is 1. The lowest BCUT2D eigenvalue weighted by Crippen LogP contribution is -2.16. The summed E-state index contributed by atoms with van der Waals surface area (Å²) >= 11 is 0. The van der Waals surface area contributed by atoms with E-state index in [-0.39, 0.29) is 5.91 Å². The molecule has 0 saturated heterocycles. The zero-order valence-electron chi connectivity index (χ0n) is 13.2. The highest BCUT2D eigenvalue weighted by Gasteiger charge is 2.14. The van der Waals surface area contributed by atoms with Crippen molar-refractivity contribution in [1.29, 1.82) is 0 Å². The Morgan fingerprint density at radius 2 is 1.67 bits per heavy atom. The van der Waals surface area contributed by atoms with Crippen LogP contribution in [0, 0.1) is 27.7 Å². The number of carbonyl (C=O) groups excluding carboxylic acids is 1. The highest BCUT2D eigenvalue weighted by molar-refractivity contribution is 6.08. The van der Waals surface area contributed by atoms with Crippen LogP contribution in [0.5, 0.6) is 0 Å². The van der Waals surface area contributed by atoms with Gasteiger partial charge in [0.1, 0.15) is 0 Å². The maximum absolute atomic E-state index is 12.5. The molecule has 0 aliphatic carbocycles. The van der Waals surface area contributed by atoms with E-state index in [0.717, 1.165) is 28.2 Å². The van der Waals surface area contributed by atoms with Crippen LogP contribution in [0.4, 0.5) is 11.4 Å². The molecule has 2 rings (SSSR count). The minimum Gasteiger partial charge on any atom is -0.387 e. The fourth-order valence-electron chi connectivity index (χ4n) is 2.51. The molecule has 2 N–H and O–H groups in total. The van der Waals surface area contributed by atoms with Crippen LogP contribution in [0.15, 0.2) is 24.4 Å². The summed E-state index contributed by atoms with van der Waals surface area (Å²) in [7, 11) is 1.80. The molecule has 1 amide bonds. The Bertz CT molecular complexity index is 669. The van der Waals surface area contributed by atoms with Crippen molar-refractivity contribution in [2.45, 2.75) is 27.7 Å². The van der Waals surface area contributed by atoms with Crippen molar-refractivity contribution in [3.63, 3.8) is 0 Å². The highest BCUT2D eigenvalue weighted by Crippen LogP contribution is 2.24. The Kier molecular flexibility index (Phi) is 4.26. The van der Waals surface area contributed by atoms with Gasteiger partial charge in [0.2, 0.25) is 0 Å². The zero-order valence-corrected chi connectivity index (χ0v) is 13.2. The van der Waals surface area contributed by atoms with Crippen LogP contribution in [-0.4, -0.2) is 17.9 Å². The Morgan fingerprint density at radius 1 is 1.05 bits per heavy atom. The molecule has 0 unspecified atom stereocenters. The third-order valence-electron chi connectivity index (χ3n) is 3.47. The molecule has 1 aromatic heterocycles. The molecule has 0 radical (unpaired) electrons. The number of benzene rings is 1. The van der Waals surface area contributed by atoms with Crippen molar-refractivity contribution in [1.82, 2.24) is 4.98 Å². The molecule has 110 valence electrons. The largest absolute Gasteiger partial charge is 0.387 e. The van der Waals surface area contributed by atoms with Crippen molar-refractivity contribution in [2.75, 3.05) is 17.7 Å². The van der Waals surface area contributed by atoms with Crippen molar-refractivity contribution < 1.29 is 4.79 Å². The van der Waals surface area contributed by atoms with Gasteiger partial charge < -0.3 is 10.6 Å². The van der Waals surface area contributed by atoms with E-state index in [1.807, 2.05) is 26.8 Å². The van der Waals surface area contributed by atoms with Crippen LogP contribution in [0.1, 0.15) is 32.7 Å². The number of nitrogens with zero attached hydrogens (tertiary/aromatic N) is 1. The highest BCUT2D eigenvalue weighted by atomic mass is 16.1. The van der Waals surface area contributed by atoms with Crippen molar-refractivity contribution in [2.24, 2.45) is 0 Å². The topological polar surface area (TPSA) is 54.0 Å². The summed E-state index contributed by atoms with van der Waals surface area (Å²) in [5.74, 6) is -0.151. The molecular weight excluding hydrogens is 262 g/mol. The molecule has 4 heteroatoms. The van der Waals surface area contributed by atoms with Crippen LogP contribution in [0.3, 0.4) is 0 Å². The molecular formula is C17H21N3O. The van der Waals surface area contributed by atoms with Crippen LogP contribution >= 0.6 is 0 Å². The first-order valence-electron chi connectivity index (χ1n) is 6.96. The smallest absolute Gasteiger partial charge is 0.259 e.